The lowest BCUT2D eigenvalue weighted by Gasteiger charge is -2.08. The van der Waals surface area contributed by atoms with Crippen molar-refractivity contribution in [3.05, 3.63) is 84.9 Å². The maximum absolute atomic E-state index is 12.2. The Balaban J connectivity index is 1.84. The molecule has 0 saturated carbocycles. The van der Waals surface area contributed by atoms with Crippen LogP contribution in [0.1, 0.15) is 21.7 Å². The minimum atomic E-state index is -0.843. The molecule has 2 aromatic heterocycles. The van der Waals surface area contributed by atoms with Gasteiger partial charge in [-0.05, 0) is 25.1 Å². The second-order valence-electron chi connectivity index (χ2n) is 5.44. The summed E-state index contributed by atoms with van der Waals surface area (Å²) in [5, 5.41) is 10.8. The van der Waals surface area contributed by atoms with Crippen LogP contribution in [0.15, 0.2) is 47.3 Å². The zero-order valence-electron chi connectivity index (χ0n) is 13.5. The number of hydrogen-bond acceptors (Lipinski definition) is 6. The van der Waals surface area contributed by atoms with E-state index in [0.717, 1.165) is 11.8 Å². The van der Waals surface area contributed by atoms with Gasteiger partial charge in [-0.25, -0.2) is 9.78 Å². The predicted octanol–water partition coefficient (Wildman–Crippen LogP) is 2.92. The molecule has 8 nitrogen and oxygen atoms in total. The van der Waals surface area contributed by atoms with Gasteiger partial charge in [-0.2, -0.15) is 0 Å². The SMILES string of the molecule is Cc1cccc2nc(COC(=O)c3cc([N+](=O)[O-])ccc3Cl)cc(=O)n12. The van der Waals surface area contributed by atoms with Crippen molar-refractivity contribution in [2.24, 2.45) is 0 Å². The molecule has 3 aromatic rings. The first kappa shape index (κ1) is 17.6. The summed E-state index contributed by atoms with van der Waals surface area (Å²) in [6.45, 7) is 1.51. The number of non-ortho nitro benzene ring substituents is 1. The zero-order valence-corrected chi connectivity index (χ0v) is 14.3. The number of aryl methyl sites for hydroxylation is 1. The van der Waals surface area contributed by atoms with Crippen molar-refractivity contribution >= 4 is 28.9 Å². The molecule has 0 amide bonds. The number of hydrogen-bond donors (Lipinski definition) is 0. The smallest absolute Gasteiger partial charge is 0.340 e. The highest BCUT2D eigenvalue weighted by atomic mass is 35.5. The molecule has 0 N–H and O–H groups in total. The number of nitrogens with zero attached hydrogens (tertiary/aromatic N) is 3. The molecule has 0 unspecified atom stereocenters. The number of benzene rings is 1. The summed E-state index contributed by atoms with van der Waals surface area (Å²) in [5.74, 6) is -0.843. The first-order chi connectivity index (χ1) is 12.4. The van der Waals surface area contributed by atoms with E-state index < -0.39 is 10.9 Å². The van der Waals surface area contributed by atoms with Crippen molar-refractivity contribution in [2.75, 3.05) is 0 Å². The van der Waals surface area contributed by atoms with Gasteiger partial charge < -0.3 is 4.74 Å². The fourth-order valence-electron chi connectivity index (χ4n) is 2.44. The highest BCUT2D eigenvalue weighted by Crippen LogP contribution is 2.23. The van der Waals surface area contributed by atoms with Crippen LogP contribution in [-0.4, -0.2) is 20.3 Å². The van der Waals surface area contributed by atoms with Crippen LogP contribution < -0.4 is 5.56 Å². The maximum Gasteiger partial charge on any atom is 0.340 e. The largest absolute Gasteiger partial charge is 0.456 e. The normalized spacial score (nSPS) is 10.7. The van der Waals surface area contributed by atoms with E-state index in [0.29, 0.717) is 5.65 Å². The standard InChI is InChI=1S/C17H12ClN3O5/c1-10-3-2-4-15-19-11(7-16(22)20(10)15)9-26-17(23)13-8-12(21(24)25)5-6-14(13)18/h2-8H,9H2,1H3. The summed E-state index contributed by atoms with van der Waals surface area (Å²) < 4.78 is 6.54. The lowest BCUT2D eigenvalue weighted by Crippen LogP contribution is -2.18. The molecule has 0 fully saturated rings. The average Bonchev–Trinajstić information content (AvgIpc) is 2.59. The number of rotatable bonds is 4. The van der Waals surface area contributed by atoms with Gasteiger partial charge in [0.15, 0.2) is 0 Å². The van der Waals surface area contributed by atoms with E-state index >= 15 is 0 Å². The second kappa shape index (κ2) is 6.93. The fourth-order valence-corrected chi connectivity index (χ4v) is 2.63. The van der Waals surface area contributed by atoms with Gasteiger partial charge in [-0.1, -0.05) is 17.7 Å². The van der Waals surface area contributed by atoms with Gasteiger partial charge in [-0.3, -0.25) is 19.3 Å². The molecule has 0 aliphatic rings. The molecule has 26 heavy (non-hydrogen) atoms. The number of pyridine rings is 1. The number of carbonyl (C=O) groups is 1. The molecule has 3 rings (SSSR count). The summed E-state index contributed by atoms with van der Waals surface area (Å²) in [6, 6.07) is 9.94. The van der Waals surface area contributed by atoms with Crippen molar-refractivity contribution in [3.8, 4) is 0 Å². The summed E-state index contributed by atoms with van der Waals surface area (Å²) in [6.07, 6.45) is 0. The predicted molar refractivity (Wildman–Crippen MR) is 93.4 cm³/mol. The summed E-state index contributed by atoms with van der Waals surface area (Å²) in [7, 11) is 0. The maximum atomic E-state index is 12.2. The number of esters is 1. The van der Waals surface area contributed by atoms with Crippen LogP contribution in [0.25, 0.3) is 5.65 Å². The van der Waals surface area contributed by atoms with Gasteiger partial charge >= 0.3 is 5.97 Å². The topological polar surface area (TPSA) is 104 Å². The summed E-state index contributed by atoms with van der Waals surface area (Å²) in [4.78, 5) is 38.8. The van der Waals surface area contributed by atoms with E-state index in [4.69, 9.17) is 16.3 Å². The Kier molecular flexibility index (Phi) is 4.68. The van der Waals surface area contributed by atoms with Gasteiger partial charge in [0, 0.05) is 23.9 Å². The van der Waals surface area contributed by atoms with E-state index in [-0.39, 0.29) is 34.1 Å². The molecule has 0 saturated heterocycles. The van der Waals surface area contributed by atoms with E-state index in [1.165, 1.54) is 22.6 Å². The van der Waals surface area contributed by atoms with Crippen LogP contribution in [0.2, 0.25) is 5.02 Å². The molecule has 0 aliphatic heterocycles. The minimum Gasteiger partial charge on any atom is -0.456 e. The molecular formula is C17H12ClN3O5. The second-order valence-corrected chi connectivity index (χ2v) is 5.85. The Morgan fingerprint density at radius 2 is 2.08 bits per heavy atom. The Morgan fingerprint density at radius 3 is 2.81 bits per heavy atom. The van der Waals surface area contributed by atoms with E-state index in [9.17, 15) is 19.7 Å². The molecule has 2 heterocycles. The minimum absolute atomic E-state index is 0.0303. The molecule has 1 aromatic carbocycles. The van der Waals surface area contributed by atoms with E-state index in [1.807, 2.05) is 0 Å². The molecule has 0 spiro atoms. The van der Waals surface area contributed by atoms with Crippen LogP contribution in [0, 0.1) is 17.0 Å². The Hall–Kier alpha value is -3.26. The number of nitro groups is 1. The van der Waals surface area contributed by atoms with Crippen molar-refractivity contribution in [2.45, 2.75) is 13.5 Å². The first-order valence-corrected chi connectivity index (χ1v) is 7.84. The molecule has 132 valence electrons. The Bertz CT molecular complexity index is 1090. The van der Waals surface area contributed by atoms with Gasteiger partial charge in [0.1, 0.15) is 12.3 Å². The molecule has 0 bridgehead atoms. The van der Waals surface area contributed by atoms with Crippen molar-refractivity contribution in [3.63, 3.8) is 0 Å². The van der Waals surface area contributed by atoms with E-state index in [2.05, 4.69) is 4.98 Å². The number of nitro benzene ring substituents is 1. The van der Waals surface area contributed by atoms with Gasteiger partial charge in [-0.15, -0.1) is 0 Å². The average molecular weight is 374 g/mol. The number of carbonyl (C=O) groups excluding carboxylic acids is 1. The van der Waals surface area contributed by atoms with Crippen LogP contribution >= 0.6 is 11.6 Å². The van der Waals surface area contributed by atoms with Crippen molar-refractivity contribution < 1.29 is 14.5 Å². The third-order valence-electron chi connectivity index (χ3n) is 3.66. The molecular weight excluding hydrogens is 362 g/mol. The Morgan fingerprint density at radius 1 is 1.31 bits per heavy atom. The van der Waals surface area contributed by atoms with Crippen LogP contribution in [0.3, 0.4) is 0 Å². The van der Waals surface area contributed by atoms with Crippen LogP contribution in [-0.2, 0) is 11.3 Å². The molecule has 0 atom stereocenters. The third-order valence-corrected chi connectivity index (χ3v) is 3.99. The molecule has 0 radical (unpaired) electrons. The van der Waals surface area contributed by atoms with Gasteiger partial charge in [0.25, 0.3) is 11.2 Å². The zero-order chi connectivity index (χ0) is 18.8. The third kappa shape index (κ3) is 3.40. The fraction of sp³-hybridized carbons (Fsp3) is 0.118. The van der Waals surface area contributed by atoms with E-state index in [1.54, 1.807) is 25.1 Å². The number of aromatic nitrogens is 2. The monoisotopic (exact) mass is 373 g/mol. The van der Waals surface area contributed by atoms with Crippen molar-refractivity contribution in [1.82, 2.24) is 9.38 Å². The Labute approximate surface area is 151 Å². The highest BCUT2D eigenvalue weighted by Gasteiger charge is 2.17. The number of halogens is 1. The first-order valence-electron chi connectivity index (χ1n) is 7.46. The molecule has 0 aliphatic carbocycles. The quantitative estimate of drug-likeness (QED) is 0.395. The number of ether oxygens (including phenoxy) is 1. The van der Waals surface area contributed by atoms with Crippen molar-refractivity contribution in [1.29, 1.82) is 0 Å². The lowest BCUT2D eigenvalue weighted by atomic mass is 10.2. The highest BCUT2D eigenvalue weighted by molar-refractivity contribution is 6.33. The van der Waals surface area contributed by atoms with Gasteiger partial charge in [0.05, 0.1) is 21.2 Å². The summed E-state index contributed by atoms with van der Waals surface area (Å²) >= 11 is 5.91. The van der Waals surface area contributed by atoms with Crippen LogP contribution in [0.5, 0.6) is 0 Å². The summed E-state index contributed by atoms with van der Waals surface area (Å²) in [5.41, 5.74) is 0.708. The number of fused-ring (bicyclic) bond motifs is 1. The lowest BCUT2D eigenvalue weighted by molar-refractivity contribution is -0.384. The van der Waals surface area contributed by atoms with Crippen LogP contribution in [0.4, 0.5) is 5.69 Å². The van der Waals surface area contributed by atoms with Gasteiger partial charge in [0.2, 0.25) is 0 Å². The molecule has 9 heteroatoms.